The van der Waals surface area contributed by atoms with E-state index in [1.807, 2.05) is 18.2 Å². The zero-order chi connectivity index (χ0) is 14.7. The molecule has 1 aromatic carbocycles. The summed E-state index contributed by atoms with van der Waals surface area (Å²) >= 11 is 0. The molecular weight excluding hydrogens is 296 g/mol. The van der Waals surface area contributed by atoms with E-state index in [2.05, 4.69) is 17.4 Å². The topological polar surface area (TPSA) is 55.1 Å². The molecule has 0 spiro atoms. The SMILES string of the molecule is Cl.NC1CCC(NC(=O)C2(c3ccccc3)CCCC2)CC1. The third-order valence-corrected chi connectivity index (χ3v) is 5.33. The standard InChI is InChI=1S/C18H26N2O.ClH/c19-15-8-10-16(11-9-15)20-17(21)18(12-4-5-13-18)14-6-2-1-3-7-14;/h1-3,6-7,15-16H,4-5,8-13,19H2,(H,20,21);1H. The Bertz CT molecular complexity index is 477. The maximum atomic E-state index is 13.0. The van der Waals surface area contributed by atoms with Crippen LogP contribution in [0.1, 0.15) is 56.9 Å². The van der Waals surface area contributed by atoms with Crippen LogP contribution in [0.3, 0.4) is 0 Å². The Morgan fingerprint density at radius 3 is 2.23 bits per heavy atom. The molecule has 1 aromatic rings. The molecule has 2 aliphatic carbocycles. The van der Waals surface area contributed by atoms with Gasteiger partial charge in [0.2, 0.25) is 5.91 Å². The van der Waals surface area contributed by atoms with Crippen LogP contribution in [0.4, 0.5) is 0 Å². The van der Waals surface area contributed by atoms with Crippen molar-refractivity contribution in [2.24, 2.45) is 5.73 Å². The second-order valence-electron chi connectivity index (χ2n) is 6.74. The molecule has 0 aliphatic heterocycles. The van der Waals surface area contributed by atoms with Gasteiger partial charge in [-0.3, -0.25) is 4.79 Å². The van der Waals surface area contributed by atoms with Gasteiger partial charge in [0.15, 0.2) is 0 Å². The van der Waals surface area contributed by atoms with Crippen LogP contribution in [0.5, 0.6) is 0 Å². The fourth-order valence-corrected chi connectivity index (χ4v) is 3.97. The van der Waals surface area contributed by atoms with Gasteiger partial charge in [0.05, 0.1) is 5.41 Å². The van der Waals surface area contributed by atoms with E-state index in [1.165, 1.54) is 5.56 Å². The zero-order valence-electron chi connectivity index (χ0n) is 13.1. The van der Waals surface area contributed by atoms with Crippen LogP contribution in [0.15, 0.2) is 30.3 Å². The van der Waals surface area contributed by atoms with E-state index in [0.717, 1.165) is 51.4 Å². The highest BCUT2D eigenvalue weighted by atomic mass is 35.5. The Labute approximate surface area is 139 Å². The van der Waals surface area contributed by atoms with E-state index < -0.39 is 0 Å². The summed E-state index contributed by atoms with van der Waals surface area (Å²) in [5, 5.41) is 3.33. The van der Waals surface area contributed by atoms with Gasteiger partial charge in [-0.1, -0.05) is 43.2 Å². The monoisotopic (exact) mass is 322 g/mol. The van der Waals surface area contributed by atoms with Crippen LogP contribution in [0, 0.1) is 0 Å². The first kappa shape index (κ1) is 17.3. The molecule has 0 aromatic heterocycles. The van der Waals surface area contributed by atoms with Gasteiger partial charge >= 0.3 is 0 Å². The molecule has 2 aliphatic rings. The smallest absolute Gasteiger partial charge is 0.230 e. The molecule has 0 bridgehead atoms. The first-order chi connectivity index (χ1) is 10.2. The molecule has 2 saturated carbocycles. The number of nitrogens with two attached hydrogens (primary N) is 1. The van der Waals surface area contributed by atoms with E-state index in [-0.39, 0.29) is 23.7 Å². The molecule has 0 atom stereocenters. The molecule has 3 rings (SSSR count). The molecule has 0 heterocycles. The molecule has 1 amide bonds. The minimum atomic E-state index is -0.291. The van der Waals surface area contributed by atoms with Crippen molar-refractivity contribution in [3.05, 3.63) is 35.9 Å². The number of hydrogen-bond acceptors (Lipinski definition) is 2. The van der Waals surface area contributed by atoms with Crippen molar-refractivity contribution >= 4 is 18.3 Å². The summed E-state index contributed by atoms with van der Waals surface area (Å²) in [7, 11) is 0. The molecule has 0 unspecified atom stereocenters. The number of amides is 1. The minimum absolute atomic E-state index is 0. The fraction of sp³-hybridized carbons (Fsp3) is 0.611. The van der Waals surface area contributed by atoms with Crippen molar-refractivity contribution in [3.63, 3.8) is 0 Å². The highest BCUT2D eigenvalue weighted by Gasteiger charge is 2.43. The number of rotatable bonds is 3. The molecule has 122 valence electrons. The summed E-state index contributed by atoms with van der Waals surface area (Å²) in [6.45, 7) is 0. The van der Waals surface area contributed by atoms with Gasteiger partial charge in [0, 0.05) is 12.1 Å². The second-order valence-corrected chi connectivity index (χ2v) is 6.74. The molecule has 2 fully saturated rings. The van der Waals surface area contributed by atoms with Crippen molar-refractivity contribution in [3.8, 4) is 0 Å². The van der Waals surface area contributed by atoms with Gasteiger partial charge in [-0.25, -0.2) is 0 Å². The highest BCUT2D eigenvalue weighted by molar-refractivity contribution is 5.88. The van der Waals surface area contributed by atoms with Crippen LogP contribution in [0.25, 0.3) is 0 Å². The van der Waals surface area contributed by atoms with E-state index in [9.17, 15) is 4.79 Å². The van der Waals surface area contributed by atoms with E-state index in [0.29, 0.717) is 12.1 Å². The lowest BCUT2D eigenvalue weighted by atomic mass is 9.77. The Morgan fingerprint density at radius 2 is 1.64 bits per heavy atom. The van der Waals surface area contributed by atoms with Crippen LogP contribution >= 0.6 is 12.4 Å². The Balaban J connectivity index is 0.00000176. The lowest BCUT2D eigenvalue weighted by molar-refractivity contribution is -0.127. The van der Waals surface area contributed by atoms with Gasteiger partial charge in [0.25, 0.3) is 0 Å². The predicted molar refractivity (Wildman–Crippen MR) is 92.2 cm³/mol. The molecular formula is C18H27ClN2O. The Morgan fingerprint density at radius 1 is 1.05 bits per heavy atom. The average Bonchev–Trinajstić information content (AvgIpc) is 3.01. The summed E-state index contributed by atoms with van der Waals surface area (Å²) in [6, 6.07) is 11.0. The van der Waals surface area contributed by atoms with E-state index >= 15 is 0 Å². The summed E-state index contributed by atoms with van der Waals surface area (Å²) in [5.74, 6) is 0.242. The number of benzene rings is 1. The zero-order valence-corrected chi connectivity index (χ0v) is 13.9. The largest absolute Gasteiger partial charge is 0.353 e. The third kappa shape index (κ3) is 3.47. The molecule has 4 heteroatoms. The Hall–Kier alpha value is -1.06. The normalized spacial score (nSPS) is 27.0. The van der Waals surface area contributed by atoms with Crippen molar-refractivity contribution in [1.82, 2.24) is 5.32 Å². The maximum absolute atomic E-state index is 13.0. The number of carbonyl (C=O) groups excluding carboxylic acids is 1. The summed E-state index contributed by atoms with van der Waals surface area (Å²) in [5.41, 5.74) is 6.85. The molecule has 3 nitrogen and oxygen atoms in total. The van der Waals surface area contributed by atoms with E-state index in [4.69, 9.17) is 5.73 Å². The molecule has 22 heavy (non-hydrogen) atoms. The molecule has 0 radical (unpaired) electrons. The van der Waals surface area contributed by atoms with Gasteiger partial charge in [-0.2, -0.15) is 0 Å². The average molecular weight is 323 g/mol. The number of hydrogen-bond donors (Lipinski definition) is 2. The number of carbonyl (C=O) groups is 1. The van der Waals surface area contributed by atoms with Gasteiger partial charge in [-0.15, -0.1) is 12.4 Å². The minimum Gasteiger partial charge on any atom is -0.353 e. The number of halogens is 1. The van der Waals surface area contributed by atoms with Gasteiger partial charge in [0.1, 0.15) is 0 Å². The lowest BCUT2D eigenvalue weighted by Gasteiger charge is -2.33. The van der Waals surface area contributed by atoms with Gasteiger partial charge in [-0.05, 0) is 44.1 Å². The van der Waals surface area contributed by atoms with Crippen LogP contribution < -0.4 is 11.1 Å². The number of nitrogens with one attached hydrogen (secondary N) is 1. The van der Waals surface area contributed by atoms with Crippen LogP contribution in [-0.2, 0) is 10.2 Å². The Kier molecular flexibility index (Phi) is 5.87. The second kappa shape index (κ2) is 7.47. The van der Waals surface area contributed by atoms with Crippen molar-refractivity contribution in [2.75, 3.05) is 0 Å². The van der Waals surface area contributed by atoms with Crippen LogP contribution in [-0.4, -0.2) is 18.0 Å². The first-order valence-electron chi connectivity index (χ1n) is 8.33. The summed E-state index contributed by atoms with van der Waals surface area (Å²) in [6.07, 6.45) is 8.38. The van der Waals surface area contributed by atoms with Crippen molar-refractivity contribution < 1.29 is 4.79 Å². The lowest BCUT2D eigenvalue weighted by Crippen LogP contribution is -2.48. The molecule has 3 N–H and O–H groups in total. The van der Waals surface area contributed by atoms with Crippen molar-refractivity contribution in [1.29, 1.82) is 0 Å². The quantitative estimate of drug-likeness (QED) is 0.897. The molecule has 0 saturated heterocycles. The first-order valence-corrected chi connectivity index (χ1v) is 8.33. The third-order valence-electron chi connectivity index (χ3n) is 5.33. The van der Waals surface area contributed by atoms with Gasteiger partial charge < -0.3 is 11.1 Å². The predicted octanol–water partition coefficient (Wildman–Crippen LogP) is 3.31. The van der Waals surface area contributed by atoms with E-state index in [1.54, 1.807) is 0 Å². The summed E-state index contributed by atoms with van der Waals surface area (Å²) in [4.78, 5) is 13.0. The van der Waals surface area contributed by atoms with Crippen molar-refractivity contribution in [2.45, 2.75) is 68.9 Å². The van der Waals surface area contributed by atoms with Crippen LogP contribution in [0.2, 0.25) is 0 Å². The summed E-state index contributed by atoms with van der Waals surface area (Å²) < 4.78 is 0. The fourth-order valence-electron chi connectivity index (χ4n) is 3.97. The maximum Gasteiger partial charge on any atom is 0.230 e. The highest BCUT2D eigenvalue weighted by Crippen LogP contribution is 2.41.